The fraction of sp³-hybridized carbons (Fsp3) is 0.348. The van der Waals surface area contributed by atoms with E-state index in [1.165, 1.54) is 23.1 Å². The van der Waals surface area contributed by atoms with E-state index in [2.05, 4.69) is 15.5 Å². The highest BCUT2D eigenvalue weighted by atomic mass is 32.2. The molecule has 1 amide bonds. The largest absolute Gasteiger partial charge is 0.497 e. The van der Waals surface area contributed by atoms with Crippen LogP contribution in [0.1, 0.15) is 24.4 Å². The van der Waals surface area contributed by atoms with E-state index in [1.54, 1.807) is 7.11 Å². The van der Waals surface area contributed by atoms with E-state index in [0.717, 1.165) is 52.2 Å². The van der Waals surface area contributed by atoms with Gasteiger partial charge in [0.1, 0.15) is 19.0 Å². The molecule has 0 saturated carbocycles. The number of hydrogen-bond donors (Lipinski definition) is 1. The number of likely N-dealkylation sites (tertiary alicyclic amines) is 1. The van der Waals surface area contributed by atoms with Gasteiger partial charge in [0.25, 0.3) is 0 Å². The number of amides is 1. The van der Waals surface area contributed by atoms with Gasteiger partial charge in [-0.2, -0.15) is 0 Å². The van der Waals surface area contributed by atoms with Crippen LogP contribution in [0.5, 0.6) is 17.2 Å². The van der Waals surface area contributed by atoms with Gasteiger partial charge in [-0.15, -0.1) is 10.2 Å². The van der Waals surface area contributed by atoms with Crippen LogP contribution in [0.2, 0.25) is 0 Å². The second kappa shape index (κ2) is 9.88. The Kier molecular flexibility index (Phi) is 6.54. The highest BCUT2D eigenvalue weighted by Crippen LogP contribution is 2.38. The molecule has 1 aromatic heterocycles. The van der Waals surface area contributed by atoms with E-state index >= 15 is 0 Å². The lowest BCUT2D eigenvalue weighted by atomic mass is 10.0. The van der Waals surface area contributed by atoms with Gasteiger partial charge in [0.05, 0.1) is 18.9 Å². The second-order valence-electron chi connectivity index (χ2n) is 7.66. The van der Waals surface area contributed by atoms with Crippen LogP contribution in [0.15, 0.2) is 46.8 Å². The Morgan fingerprint density at radius 1 is 1.18 bits per heavy atom. The fourth-order valence-corrected chi connectivity index (χ4v) is 5.66. The third kappa shape index (κ3) is 5.01. The van der Waals surface area contributed by atoms with Gasteiger partial charge >= 0.3 is 0 Å². The number of fused-ring (bicyclic) bond motifs is 1. The summed E-state index contributed by atoms with van der Waals surface area (Å²) in [6, 6.07) is 13.7. The molecule has 0 bridgehead atoms. The molecule has 1 N–H and O–H groups in total. The van der Waals surface area contributed by atoms with Crippen molar-refractivity contribution in [2.24, 2.45) is 0 Å². The summed E-state index contributed by atoms with van der Waals surface area (Å²) in [6.45, 7) is 1.89. The molecule has 1 fully saturated rings. The Hall–Kier alpha value is -2.98. The van der Waals surface area contributed by atoms with E-state index in [4.69, 9.17) is 14.2 Å². The van der Waals surface area contributed by atoms with Gasteiger partial charge in [-0.05, 0) is 54.8 Å². The average Bonchev–Trinajstić information content (AvgIpc) is 3.53. The van der Waals surface area contributed by atoms with Crippen LogP contribution in [0.4, 0.5) is 10.8 Å². The minimum Gasteiger partial charge on any atom is -0.497 e. The molecule has 1 atom stereocenters. The Morgan fingerprint density at radius 2 is 2.00 bits per heavy atom. The molecule has 8 nitrogen and oxygen atoms in total. The van der Waals surface area contributed by atoms with Gasteiger partial charge in [-0.25, -0.2) is 0 Å². The number of nitrogens with one attached hydrogen (secondary N) is 1. The van der Waals surface area contributed by atoms with Crippen molar-refractivity contribution in [3.63, 3.8) is 0 Å². The number of rotatable bonds is 7. The summed E-state index contributed by atoms with van der Waals surface area (Å²) in [5, 5.41) is 12.3. The maximum Gasteiger partial charge on any atom is 0.233 e. The molecule has 33 heavy (non-hydrogen) atoms. The lowest BCUT2D eigenvalue weighted by Gasteiger charge is -2.26. The number of thioether (sulfide) groups is 1. The first kappa shape index (κ1) is 21.8. The average molecular weight is 485 g/mol. The highest BCUT2D eigenvalue weighted by molar-refractivity contribution is 8.01. The van der Waals surface area contributed by atoms with E-state index < -0.39 is 0 Å². The van der Waals surface area contributed by atoms with Crippen molar-refractivity contribution in [1.82, 2.24) is 15.1 Å². The van der Waals surface area contributed by atoms with Crippen molar-refractivity contribution >= 4 is 39.8 Å². The minimum atomic E-state index is 0.0654. The van der Waals surface area contributed by atoms with E-state index in [9.17, 15) is 4.79 Å². The smallest absolute Gasteiger partial charge is 0.233 e. The lowest BCUT2D eigenvalue weighted by Crippen LogP contribution is -2.32. The minimum absolute atomic E-state index is 0.0654. The number of methoxy groups -OCH3 is 1. The van der Waals surface area contributed by atoms with Gasteiger partial charge in [0.15, 0.2) is 15.8 Å². The molecule has 0 spiro atoms. The zero-order valence-corrected chi connectivity index (χ0v) is 19.8. The zero-order valence-electron chi connectivity index (χ0n) is 18.2. The summed E-state index contributed by atoms with van der Waals surface area (Å²) in [6.07, 6.45) is 1.94. The molecule has 3 heterocycles. The number of carbonyl (C=O) groups is 1. The van der Waals surface area contributed by atoms with Crippen LogP contribution < -0.4 is 19.5 Å². The number of carbonyl (C=O) groups excluding carboxylic acids is 1. The van der Waals surface area contributed by atoms with Crippen molar-refractivity contribution in [2.45, 2.75) is 23.2 Å². The summed E-state index contributed by atoms with van der Waals surface area (Å²) in [5.74, 6) is 2.77. The molecule has 3 aromatic rings. The van der Waals surface area contributed by atoms with Gasteiger partial charge in [-0.1, -0.05) is 29.2 Å². The number of aromatic nitrogens is 2. The first-order chi connectivity index (χ1) is 16.2. The van der Waals surface area contributed by atoms with Crippen molar-refractivity contribution in [3.8, 4) is 17.2 Å². The Bertz CT molecular complexity index is 1120. The molecular formula is C23H24N4O4S2. The molecule has 5 rings (SSSR count). The van der Waals surface area contributed by atoms with Gasteiger partial charge < -0.3 is 24.4 Å². The molecule has 2 aliphatic rings. The van der Waals surface area contributed by atoms with Gasteiger partial charge in [0, 0.05) is 12.2 Å². The van der Waals surface area contributed by atoms with Crippen molar-refractivity contribution < 1.29 is 19.0 Å². The summed E-state index contributed by atoms with van der Waals surface area (Å²) in [7, 11) is 1.64. The quantitative estimate of drug-likeness (QED) is 0.490. The summed E-state index contributed by atoms with van der Waals surface area (Å²) in [4.78, 5) is 15.0. The zero-order chi connectivity index (χ0) is 22.6. The third-order valence-electron chi connectivity index (χ3n) is 5.59. The number of ether oxygens (including phenoxy) is 3. The Labute approximate surface area is 200 Å². The van der Waals surface area contributed by atoms with E-state index in [-0.39, 0.29) is 11.9 Å². The second-order valence-corrected chi connectivity index (χ2v) is 9.86. The lowest BCUT2D eigenvalue weighted by molar-refractivity contribution is -0.129. The van der Waals surface area contributed by atoms with Crippen LogP contribution >= 0.6 is 23.1 Å². The summed E-state index contributed by atoms with van der Waals surface area (Å²) >= 11 is 2.85. The predicted octanol–water partition coefficient (Wildman–Crippen LogP) is 4.52. The molecule has 1 unspecified atom stereocenters. The highest BCUT2D eigenvalue weighted by Gasteiger charge is 2.31. The summed E-state index contributed by atoms with van der Waals surface area (Å²) < 4.78 is 17.3. The Balaban J connectivity index is 1.18. The molecule has 2 aromatic carbocycles. The number of nitrogens with zero attached hydrogens (tertiary/aromatic N) is 3. The van der Waals surface area contributed by atoms with Crippen molar-refractivity contribution in [2.75, 3.05) is 37.9 Å². The van der Waals surface area contributed by atoms with Crippen LogP contribution in [-0.4, -0.2) is 53.6 Å². The topological polar surface area (TPSA) is 85.8 Å². The van der Waals surface area contributed by atoms with E-state index in [0.29, 0.717) is 24.1 Å². The maximum atomic E-state index is 13.0. The third-order valence-corrected chi connectivity index (χ3v) is 7.55. The van der Waals surface area contributed by atoms with Gasteiger partial charge in [0.2, 0.25) is 11.0 Å². The maximum absolute atomic E-state index is 13.0. The first-order valence-corrected chi connectivity index (χ1v) is 12.6. The number of benzene rings is 2. The molecule has 0 aliphatic carbocycles. The molecule has 172 valence electrons. The predicted molar refractivity (Wildman–Crippen MR) is 128 cm³/mol. The monoisotopic (exact) mass is 484 g/mol. The van der Waals surface area contributed by atoms with Crippen molar-refractivity contribution in [3.05, 3.63) is 48.0 Å². The Morgan fingerprint density at radius 3 is 2.82 bits per heavy atom. The molecule has 1 saturated heterocycles. The van der Waals surface area contributed by atoms with Crippen molar-refractivity contribution in [1.29, 1.82) is 0 Å². The molecule has 10 heteroatoms. The van der Waals surface area contributed by atoms with Crippen LogP contribution in [0.25, 0.3) is 0 Å². The van der Waals surface area contributed by atoms with Crippen LogP contribution in [0.3, 0.4) is 0 Å². The normalized spacial score (nSPS) is 17.1. The summed E-state index contributed by atoms with van der Waals surface area (Å²) in [5.41, 5.74) is 2.00. The first-order valence-electron chi connectivity index (χ1n) is 10.8. The van der Waals surface area contributed by atoms with Gasteiger partial charge in [-0.3, -0.25) is 4.79 Å². The SMILES string of the molecule is COc1ccc(Nc2nnc(SCC(=O)N3CCCC3c3ccc4c(c3)OCCO4)s2)cc1. The van der Waals surface area contributed by atoms with Crippen LogP contribution in [-0.2, 0) is 4.79 Å². The van der Waals surface area contributed by atoms with E-state index in [1.807, 2.05) is 47.4 Å². The molecule has 0 radical (unpaired) electrons. The molecule has 2 aliphatic heterocycles. The standard InChI is InChI=1S/C23H24N4O4S2/c1-29-17-7-5-16(6-8-17)24-22-25-26-23(33-22)32-14-21(28)27-10-2-3-18(27)15-4-9-19-20(13-15)31-12-11-30-19/h4-9,13,18H,2-3,10-12,14H2,1H3,(H,24,25). The fourth-order valence-electron chi connectivity index (χ4n) is 4.00. The number of anilines is 2. The van der Waals surface area contributed by atoms with Crippen LogP contribution in [0, 0.1) is 0 Å². The number of hydrogen-bond acceptors (Lipinski definition) is 9. The molecular weight excluding hydrogens is 460 g/mol.